The molecule has 0 saturated carbocycles. The lowest BCUT2D eigenvalue weighted by Crippen LogP contribution is -2.48. The van der Waals surface area contributed by atoms with E-state index in [9.17, 15) is 0 Å². The fourth-order valence-electron chi connectivity index (χ4n) is 3.36. The first-order valence-electron chi connectivity index (χ1n) is 9.26. The molecule has 0 aliphatic heterocycles. The van der Waals surface area contributed by atoms with Gasteiger partial charge in [-0.2, -0.15) is 0 Å². The van der Waals surface area contributed by atoms with Crippen LogP contribution in [0.15, 0.2) is 60.7 Å². The molecule has 136 valence electrons. The van der Waals surface area contributed by atoms with Gasteiger partial charge < -0.3 is 8.85 Å². The lowest BCUT2D eigenvalue weighted by molar-refractivity contribution is -0.0197. The zero-order chi connectivity index (χ0) is 18.6. The Morgan fingerprint density at radius 1 is 0.680 bits per heavy atom. The lowest BCUT2D eigenvalue weighted by Gasteiger charge is -2.42. The summed E-state index contributed by atoms with van der Waals surface area (Å²) < 4.78 is 13.4. The van der Waals surface area contributed by atoms with Crippen LogP contribution in [0.5, 0.6) is 0 Å². The molecule has 2 unspecified atom stereocenters. The zero-order valence-electron chi connectivity index (χ0n) is 16.5. The lowest BCUT2D eigenvalue weighted by atomic mass is 9.94. The van der Waals surface area contributed by atoms with E-state index in [1.165, 1.54) is 11.1 Å². The summed E-state index contributed by atoms with van der Waals surface area (Å²) >= 11 is 0. The summed E-state index contributed by atoms with van der Waals surface area (Å²) in [5.74, 6) is 0. The van der Waals surface area contributed by atoms with E-state index >= 15 is 0 Å². The Kier molecular flexibility index (Phi) is 6.25. The van der Waals surface area contributed by atoms with E-state index in [0.717, 1.165) is 12.8 Å². The highest BCUT2D eigenvalue weighted by atomic mass is 28.4. The number of rotatable bonds is 8. The molecule has 2 nitrogen and oxygen atoms in total. The quantitative estimate of drug-likeness (QED) is 0.511. The molecule has 2 atom stereocenters. The van der Waals surface area contributed by atoms with Gasteiger partial charge in [0.05, 0.1) is 11.2 Å². The summed E-state index contributed by atoms with van der Waals surface area (Å²) in [6.07, 6.45) is 1.82. The molecule has 0 fully saturated rings. The van der Waals surface area contributed by atoms with Gasteiger partial charge in [-0.25, -0.2) is 0 Å². The average molecular weight is 357 g/mol. The van der Waals surface area contributed by atoms with Crippen molar-refractivity contribution in [3.8, 4) is 0 Å². The van der Waals surface area contributed by atoms with E-state index in [2.05, 4.69) is 89.3 Å². The normalized spacial score (nSPS) is 16.9. The summed E-state index contributed by atoms with van der Waals surface area (Å²) in [4.78, 5) is 0. The third kappa shape index (κ3) is 4.81. The van der Waals surface area contributed by atoms with Crippen LogP contribution in [-0.2, 0) is 20.1 Å². The van der Waals surface area contributed by atoms with Gasteiger partial charge in [0.2, 0.25) is 0 Å². The predicted molar refractivity (Wildman–Crippen MR) is 108 cm³/mol. The Labute approximate surface area is 154 Å². The maximum Gasteiger partial charge on any atom is 0.333 e. The number of benzene rings is 2. The van der Waals surface area contributed by atoms with Crippen LogP contribution in [0, 0.1) is 0 Å². The van der Waals surface area contributed by atoms with Crippen LogP contribution < -0.4 is 0 Å². The molecule has 2 rings (SSSR count). The molecule has 0 aliphatic rings. The standard InChI is InChI=1S/C22H32O2Si/c1-7-21(3,19-15-11-9-12-16-19)23-25(5,6)24-22(4,8-2)20-17-13-10-14-18-20/h9-18H,7-8H2,1-6H3. The van der Waals surface area contributed by atoms with Gasteiger partial charge in [0.15, 0.2) is 0 Å². The van der Waals surface area contributed by atoms with E-state index < -0.39 is 8.56 Å². The molecule has 2 aromatic rings. The van der Waals surface area contributed by atoms with Crippen molar-refractivity contribution in [1.82, 2.24) is 0 Å². The SMILES string of the molecule is CCC(C)(O[Si](C)(C)OC(C)(CC)c1ccccc1)c1ccccc1. The Hall–Kier alpha value is -1.42. The maximum atomic E-state index is 6.70. The second-order valence-corrected chi connectivity index (χ2v) is 10.7. The van der Waals surface area contributed by atoms with Gasteiger partial charge in [-0.05, 0) is 50.9 Å². The highest BCUT2D eigenvalue weighted by Crippen LogP contribution is 2.37. The van der Waals surface area contributed by atoms with E-state index in [4.69, 9.17) is 8.85 Å². The van der Waals surface area contributed by atoms with Crippen molar-refractivity contribution in [3.05, 3.63) is 71.8 Å². The second-order valence-electron chi connectivity index (χ2n) is 7.50. The number of hydrogen-bond acceptors (Lipinski definition) is 2. The van der Waals surface area contributed by atoms with Gasteiger partial charge in [0, 0.05) is 0 Å². The highest BCUT2D eigenvalue weighted by molar-refractivity contribution is 6.64. The highest BCUT2D eigenvalue weighted by Gasteiger charge is 2.41. The van der Waals surface area contributed by atoms with E-state index in [1.807, 2.05) is 12.1 Å². The fourth-order valence-corrected chi connectivity index (χ4v) is 6.09. The minimum Gasteiger partial charge on any atom is -0.385 e. The molecule has 0 saturated heterocycles. The van der Waals surface area contributed by atoms with Crippen LogP contribution >= 0.6 is 0 Å². The molecular formula is C22H32O2Si. The minimum absolute atomic E-state index is 0.331. The first-order valence-corrected chi connectivity index (χ1v) is 12.1. The first-order chi connectivity index (χ1) is 11.7. The summed E-state index contributed by atoms with van der Waals surface area (Å²) in [5, 5.41) is 0. The van der Waals surface area contributed by atoms with Crippen molar-refractivity contribution in [2.75, 3.05) is 0 Å². The summed E-state index contributed by atoms with van der Waals surface area (Å²) in [7, 11) is -2.38. The molecule has 3 heteroatoms. The van der Waals surface area contributed by atoms with Crippen molar-refractivity contribution < 1.29 is 8.85 Å². The van der Waals surface area contributed by atoms with E-state index in [0.29, 0.717) is 0 Å². The monoisotopic (exact) mass is 356 g/mol. The molecule has 25 heavy (non-hydrogen) atoms. The molecule has 0 amide bonds. The molecular weight excluding hydrogens is 324 g/mol. The smallest absolute Gasteiger partial charge is 0.333 e. The zero-order valence-corrected chi connectivity index (χ0v) is 17.5. The predicted octanol–water partition coefficient (Wildman–Crippen LogP) is 6.37. The Morgan fingerprint density at radius 2 is 1.00 bits per heavy atom. The molecule has 0 radical (unpaired) electrons. The van der Waals surface area contributed by atoms with Crippen molar-refractivity contribution >= 4 is 8.56 Å². The fraction of sp³-hybridized carbons (Fsp3) is 0.455. The topological polar surface area (TPSA) is 18.5 Å². The second kappa shape index (κ2) is 7.86. The van der Waals surface area contributed by atoms with Crippen LogP contribution in [0.1, 0.15) is 51.7 Å². The minimum atomic E-state index is -2.38. The van der Waals surface area contributed by atoms with Crippen LogP contribution in [0.4, 0.5) is 0 Å². The third-order valence-corrected chi connectivity index (χ3v) is 6.94. The van der Waals surface area contributed by atoms with Crippen LogP contribution in [0.2, 0.25) is 13.1 Å². The van der Waals surface area contributed by atoms with Gasteiger partial charge in [-0.3, -0.25) is 0 Å². The molecule has 0 heterocycles. The first kappa shape index (κ1) is 19.9. The molecule has 0 aliphatic carbocycles. The average Bonchev–Trinajstić information content (AvgIpc) is 2.62. The Morgan fingerprint density at radius 3 is 1.28 bits per heavy atom. The largest absolute Gasteiger partial charge is 0.385 e. The summed E-state index contributed by atoms with van der Waals surface area (Å²) in [5.41, 5.74) is 1.75. The summed E-state index contributed by atoms with van der Waals surface area (Å²) in [6.45, 7) is 13.0. The van der Waals surface area contributed by atoms with Gasteiger partial charge in [-0.1, -0.05) is 74.5 Å². The van der Waals surface area contributed by atoms with Crippen molar-refractivity contribution in [2.24, 2.45) is 0 Å². The van der Waals surface area contributed by atoms with Crippen LogP contribution in [0.3, 0.4) is 0 Å². The van der Waals surface area contributed by atoms with E-state index in [-0.39, 0.29) is 11.2 Å². The van der Waals surface area contributed by atoms with Crippen LogP contribution in [0.25, 0.3) is 0 Å². The number of hydrogen-bond donors (Lipinski definition) is 0. The third-order valence-electron chi connectivity index (χ3n) is 5.06. The van der Waals surface area contributed by atoms with Gasteiger partial charge in [-0.15, -0.1) is 0 Å². The molecule has 0 N–H and O–H groups in total. The summed E-state index contributed by atoms with van der Waals surface area (Å²) in [6, 6.07) is 20.9. The van der Waals surface area contributed by atoms with Crippen molar-refractivity contribution in [3.63, 3.8) is 0 Å². The Balaban J connectivity index is 2.25. The van der Waals surface area contributed by atoms with Gasteiger partial charge in [0.25, 0.3) is 0 Å². The Bertz CT molecular complexity index is 599. The van der Waals surface area contributed by atoms with Gasteiger partial charge >= 0.3 is 8.56 Å². The van der Waals surface area contributed by atoms with Crippen LogP contribution in [-0.4, -0.2) is 8.56 Å². The van der Waals surface area contributed by atoms with Gasteiger partial charge in [0.1, 0.15) is 0 Å². The maximum absolute atomic E-state index is 6.70. The molecule has 0 aromatic heterocycles. The van der Waals surface area contributed by atoms with Crippen molar-refractivity contribution in [2.45, 2.75) is 64.8 Å². The molecule has 2 aromatic carbocycles. The van der Waals surface area contributed by atoms with Crippen molar-refractivity contribution in [1.29, 1.82) is 0 Å². The van der Waals surface area contributed by atoms with E-state index in [1.54, 1.807) is 0 Å². The molecule has 0 spiro atoms. The molecule has 0 bridgehead atoms.